The van der Waals surface area contributed by atoms with Crippen molar-refractivity contribution in [3.8, 4) is 0 Å². The highest BCUT2D eigenvalue weighted by molar-refractivity contribution is 5.96. The van der Waals surface area contributed by atoms with Crippen LogP contribution in [0.1, 0.15) is 37.4 Å². The highest BCUT2D eigenvalue weighted by atomic mass is 19.4. The molecule has 0 atom stereocenters. The molecule has 0 aromatic heterocycles. The average Bonchev–Trinajstić information content (AvgIpc) is 2.59. The van der Waals surface area contributed by atoms with Crippen molar-refractivity contribution in [2.75, 3.05) is 6.54 Å². The van der Waals surface area contributed by atoms with Crippen molar-refractivity contribution < 1.29 is 27.9 Å². The highest BCUT2D eigenvalue weighted by Gasteiger charge is 2.36. The SMILES string of the molecule is O=C(O)c1ccc2c(c1)CCN(C(=O)c1ccccc1C(F)(F)F)C2. The number of fused-ring (bicyclic) bond motifs is 1. The van der Waals surface area contributed by atoms with E-state index in [-0.39, 0.29) is 24.2 Å². The van der Waals surface area contributed by atoms with Crippen LogP contribution >= 0.6 is 0 Å². The zero-order valence-corrected chi connectivity index (χ0v) is 13.0. The molecule has 1 heterocycles. The number of benzene rings is 2. The van der Waals surface area contributed by atoms with Crippen molar-refractivity contribution in [1.29, 1.82) is 0 Å². The van der Waals surface area contributed by atoms with Crippen molar-refractivity contribution in [1.82, 2.24) is 4.90 Å². The number of hydrogen-bond donors (Lipinski definition) is 1. The molecule has 1 N–H and O–H groups in total. The summed E-state index contributed by atoms with van der Waals surface area (Å²) >= 11 is 0. The first-order valence-electron chi connectivity index (χ1n) is 7.58. The van der Waals surface area contributed by atoms with Gasteiger partial charge in [-0.2, -0.15) is 13.2 Å². The number of hydrogen-bond acceptors (Lipinski definition) is 2. The standard InChI is InChI=1S/C18H14F3NO3/c19-18(20,21)15-4-2-1-3-14(15)16(23)22-8-7-11-9-12(17(24)25)5-6-13(11)10-22/h1-6,9H,7-8,10H2,(H,24,25). The number of aromatic carboxylic acids is 1. The molecule has 0 fully saturated rings. The fourth-order valence-corrected chi connectivity index (χ4v) is 2.95. The lowest BCUT2D eigenvalue weighted by Gasteiger charge is -2.30. The van der Waals surface area contributed by atoms with Crippen LogP contribution in [0.3, 0.4) is 0 Å². The molecule has 7 heteroatoms. The molecule has 2 aromatic rings. The van der Waals surface area contributed by atoms with Gasteiger partial charge in [0.2, 0.25) is 0 Å². The summed E-state index contributed by atoms with van der Waals surface area (Å²) in [4.78, 5) is 24.9. The summed E-state index contributed by atoms with van der Waals surface area (Å²) in [5.41, 5.74) is 0.371. The molecule has 3 rings (SSSR count). The molecule has 0 saturated carbocycles. The smallest absolute Gasteiger partial charge is 0.417 e. The van der Waals surface area contributed by atoms with Gasteiger partial charge in [0.15, 0.2) is 0 Å². The molecule has 0 saturated heterocycles. The lowest BCUT2D eigenvalue weighted by Crippen LogP contribution is -2.37. The van der Waals surface area contributed by atoms with E-state index in [0.717, 1.165) is 17.2 Å². The third-order valence-electron chi connectivity index (χ3n) is 4.22. The molecule has 2 aromatic carbocycles. The fraction of sp³-hybridized carbons (Fsp3) is 0.222. The number of carbonyl (C=O) groups is 2. The van der Waals surface area contributed by atoms with Crippen LogP contribution in [0.4, 0.5) is 13.2 Å². The number of nitrogens with zero attached hydrogens (tertiary/aromatic N) is 1. The maximum absolute atomic E-state index is 13.1. The van der Waals surface area contributed by atoms with Gasteiger partial charge in [-0.25, -0.2) is 4.79 Å². The van der Waals surface area contributed by atoms with E-state index in [0.29, 0.717) is 6.42 Å². The Hall–Kier alpha value is -2.83. The van der Waals surface area contributed by atoms with E-state index in [4.69, 9.17) is 5.11 Å². The first-order valence-corrected chi connectivity index (χ1v) is 7.58. The second kappa shape index (κ2) is 6.23. The van der Waals surface area contributed by atoms with Crippen LogP contribution in [0.25, 0.3) is 0 Å². The van der Waals surface area contributed by atoms with Crippen LogP contribution in [-0.2, 0) is 19.1 Å². The Morgan fingerprint density at radius 2 is 1.76 bits per heavy atom. The lowest BCUT2D eigenvalue weighted by atomic mass is 9.96. The number of halogens is 3. The number of carbonyl (C=O) groups excluding carboxylic acids is 1. The van der Waals surface area contributed by atoms with Gasteiger partial charge < -0.3 is 10.0 Å². The van der Waals surface area contributed by atoms with E-state index in [1.54, 1.807) is 12.1 Å². The number of amides is 1. The summed E-state index contributed by atoms with van der Waals surface area (Å²) in [7, 11) is 0. The van der Waals surface area contributed by atoms with Crippen LogP contribution in [0, 0.1) is 0 Å². The minimum Gasteiger partial charge on any atom is -0.478 e. The van der Waals surface area contributed by atoms with E-state index < -0.39 is 23.6 Å². The Balaban J connectivity index is 1.88. The third kappa shape index (κ3) is 3.35. The van der Waals surface area contributed by atoms with E-state index in [1.807, 2.05) is 0 Å². The molecular formula is C18H14F3NO3. The number of rotatable bonds is 2. The largest absolute Gasteiger partial charge is 0.478 e. The molecule has 1 aliphatic heterocycles. The van der Waals surface area contributed by atoms with E-state index in [1.165, 1.54) is 29.2 Å². The summed E-state index contributed by atoms with van der Waals surface area (Å²) in [6, 6.07) is 9.30. The van der Waals surface area contributed by atoms with Gasteiger partial charge in [-0.3, -0.25) is 4.79 Å². The predicted molar refractivity (Wildman–Crippen MR) is 83.3 cm³/mol. The maximum atomic E-state index is 13.1. The Labute approximate surface area is 141 Å². The zero-order valence-electron chi connectivity index (χ0n) is 13.0. The maximum Gasteiger partial charge on any atom is 0.417 e. The van der Waals surface area contributed by atoms with Crippen molar-refractivity contribution in [3.05, 3.63) is 70.3 Å². The number of carboxylic acid groups (broad SMARTS) is 1. The fourth-order valence-electron chi connectivity index (χ4n) is 2.95. The summed E-state index contributed by atoms with van der Waals surface area (Å²) in [6.45, 7) is 0.390. The first-order chi connectivity index (χ1) is 11.8. The molecule has 0 aliphatic carbocycles. The molecule has 25 heavy (non-hydrogen) atoms. The molecular weight excluding hydrogens is 335 g/mol. The zero-order chi connectivity index (χ0) is 18.2. The summed E-state index contributed by atoms with van der Waals surface area (Å²) < 4.78 is 39.3. The van der Waals surface area contributed by atoms with E-state index >= 15 is 0 Å². The summed E-state index contributed by atoms with van der Waals surface area (Å²) in [6.07, 6.45) is -4.20. The molecule has 130 valence electrons. The summed E-state index contributed by atoms with van der Waals surface area (Å²) in [5.74, 6) is -1.72. The number of alkyl halides is 3. The van der Waals surface area contributed by atoms with E-state index in [2.05, 4.69) is 0 Å². The van der Waals surface area contributed by atoms with Crippen LogP contribution in [-0.4, -0.2) is 28.4 Å². The van der Waals surface area contributed by atoms with Gasteiger partial charge in [0.05, 0.1) is 16.7 Å². The van der Waals surface area contributed by atoms with Crippen molar-refractivity contribution in [2.24, 2.45) is 0 Å². The Morgan fingerprint density at radius 1 is 1.04 bits per heavy atom. The van der Waals surface area contributed by atoms with Gasteiger partial charge in [-0.05, 0) is 41.8 Å². The minimum atomic E-state index is -4.60. The third-order valence-corrected chi connectivity index (χ3v) is 4.22. The summed E-state index contributed by atoms with van der Waals surface area (Å²) in [5, 5.41) is 9.01. The molecule has 0 unspecified atom stereocenters. The van der Waals surface area contributed by atoms with Crippen molar-refractivity contribution >= 4 is 11.9 Å². The van der Waals surface area contributed by atoms with Crippen LogP contribution in [0.15, 0.2) is 42.5 Å². The van der Waals surface area contributed by atoms with Gasteiger partial charge in [-0.15, -0.1) is 0 Å². The van der Waals surface area contributed by atoms with Gasteiger partial charge in [0.1, 0.15) is 0 Å². The Bertz CT molecular complexity index is 846. The normalized spacial score (nSPS) is 14.1. The molecule has 4 nitrogen and oxygen atoms in total. The predicted octanol–water partition coefficient (Wildman–Crippen LogP) is 3.60. The van der Waals surface area contributed by atoms with Gasteiger partial charge in [0, 0.05) is 13.1 Å². The average molecular weight is 349 g/mol. The monoisotopic (exact) mass is 349 g/mol. The lowest BCUT2D eigenvalue weighted by molar-refractivity contribution is -0.138. The van der Waals surface area contributed by atoms with Gasteiger partial charge in [-0.1, -0.05) is 18.2 Å². The second-order valence-electron chi connectivity index (χ2n) is 5.81. The molecule has 0 spiro atoms. The number of carboxylic acids is 1. The van der Waals surface area contributed by atoms with Crippen LogP contribution in [0.5, 0.6) is 0 Å². The molecule has 0 radical (unpaired) electrons. The van der Waals surface area contributed by atoms with Crippen molar-refractivity contribution in [3.63, 3.8) is 0 Å². The highest BCUT2D eigenvalue weighted by Crippen LogP contribution is 2.33. The quantitative estimate of drug-likeness (QED) is 0.901. The van der Waals surface area contributed by atoms with Gasteiger partial charge >= 0.3 is 12.1 Å². The van der Waals surface area contributed by atoms with Gasteiger partial charge in [0.25, 0.3) is 5.91 Å². The van der Waals surface area contributed by atoms with E-state index in [9.17, 15) is 22.8 Å². The second-order valence-corrected chi connectivity index (χ2v) is 5.81. The molecule has 1 amide bonds. The van der Waals surface area contributed by atoms with Crippen LogP contribution < -0.4 is 0 Å². The first kappa shape index (κ1) is 17.0. The van der Waals surface area contributed by atoms with Crippen LogP contribution in [0.2, 0.25) is 0 Å². The molecule has 0 bridgehead atoms. The molecule has 1 aliphatic rings. The minimum absolute atomic E-state index is 0.153. The Kier molecular flexibility index (Phi) is 4.24. The van der Waals surface area contributed by atoms with Crippen molar-refractivity contribution in [2.45, 2.75) is 19.1 Å². The topological polar surface area (TPSA) is 57.6 Å². The Morgan fingerprint density at radius 3 is 2.44 bits per heavy atom.